The normalized spacial score (nSPS) is 12.2. The van der Waals surface area contributed by atoms with Crippen LogP contribution in [0.15, 0.2) is 30.6 Å². The predicted octanol–water partition coefficient (Wildman–Crippen LogP) is 3.40. The van der Waals surface area contributed by atoms with Crippen molar-refractivity contribution in [1.82, 2.24) is 15.3 Å². The van der Waals surface area contributed by atoms with E-state index in [9.17, 15) is 27.2 Å². The Morgan fingerprint density at radius 3 is 2.59 bits per heavy atom. The highest BCUT2D eigenvalue weighted by Crippen LogP contribution is 2.22. The van der Waals surface area contributed by atoms with E-state index in [1.807, 2.05) is 0 Å². The van der Waals surface area contributed by atoms with E-state index in [0.717, 1.165) is 12.3 Å². The molecule has 2 aromatic rings. The summed E-state index contributed by atoms with van der Waals surface area (Å²) >= 11 is 0. The molecule has 0 aromatic carbocycles. The summed E-state index contributed by atoms with van der Waals surface area (Å²) in [6.45, 7) is 1.55. The maximum atomic E-state index is 13.9. The molecule has 0 aliphatic heterocycles. The SMILES string of the molecule is CCC(=O)Nc1cc(C(=O)NC(C)c2cnc(OCC(F)(F)F)c(F)c2)ccn1. The Balaban J connectivity index is 2.05. The quantitative estimate of drug-likeness (QED) is 0.678. The monoisotopic (exact) mass is 414 g/mol. The van der Waals surface area contributed by atoms with Gasteiger partial charge < -0.3 is 15.4 Å². The number of nitrogens with one attached hydrogen (secondary N) is 2. The van der Waals surface area contributed by atoms with Gasteiger partial charge in [0.25, 0.3) is 11.8 Å². The molecule has 1 atom stereocenters. The molecule has 29 heavy (non-hydrogen) atoms. The lowest BCUT2D eigenvalue weighted by Crippen LogP contribution is -2.27. The van der Waals surface area contributed by atoms with E-state index < -0.39 is 36.4 Å². The molecule has 0 aliphatic carbocycles. The molecule has 156 valence electrons. The van der Waals surface area contributed by atoms with Gasteiger partial charge in [-0.3, -0.25) is 9.59 Å². The van der Waals surface area contributed by atoms with Gasteiger partial charge in [0.1, 0.15) is 5.82 Å². The van der Waals surface area contributed by atoms with Crippen LogP contribution in [0.4, 0.5) is 23.4 Å². The van der Waals surface area contributed by atoms with E-state index in [1.54, 1.807) is 13.8 Å². The van der Waals surface area contributed by atoms with Crippen LogP contribution < -0.4 is 15.4 Å². The van der Waals surface area contributed by atoms with Gasteiger partial charge in [0, 0.05) is 24.4 Å². The summed E-state index contributed by atoms with van der Waals surface area (Å²) in [5.41, 5.74) is 0.431. The number of carbonyl (C=O) groups is 2. The fourth-order valence-corrected chi connectivity index (χ4v) is 2.17. The van der Waals surface area contributed by atoms with Crippen LogP contribution in [0, 0.1) is 5.82 Å². The van der Waals surface area contributed by atoms with Crippen molar-refractivity contribution in [2.45, 2.75) is 32.5 Å². The zero-order chi connectivity index (χ0) is 21.6. The van der Waals surface area contributed by atoms with Gasteiger partial charge in [0.2, 0.25) is 5.91 Å². The minimum absolute atomic E-state index is 0.205. The Morgan fingerprint density at radius 1 is 1.24 bits per heavy atom. The van der Waals surface area contributed by atoms with Crippen LogP contribution in [0.25, 0.3) is 0 Å². The van der Waals surface area contributed by atoms with Gasteiger partial charge in [-0.1, -0.05) is 6.92 Å². The molecule has 0 spiro atoms. The van der Waals surface area contributed by atoms with Crippen LogP contribution in [-0.4, -0.2) is 34.6 Å². The molecule has 2 amide bonds. The predicted molar refractivity (Wildman–Crippen MR) is 94.8 cm³/mol. The fraction of sp³-hybridized carbons (Fsp3) is 0.333. The van der Waals surface area contributed by atoms with E-state index in [2.05, 4.69) is 25.3 Å². The number of hydrogen-bond acceptors (Lipinski definition) is 5. The van der Waals surface area contributed by atoms with E-state index in [4.69, 9.17) is 0 Å². The van der Waals surface area contributed by atoms with Crippen LogP contribution in [0.3, 0.4) is 0 Å². The fourth-order valence-electron chi connectivity index (χ4n) is 2.17. The summed E-state index contributed by atoms with van der Waals surface area (Å²) in [6, 6.07) is 3.03. The molecule has 2 rings (SSSR count). The van der Waals surface area contributed by atoms with E-state index in [1.165, 1.54) is 18.3 Å². The highest BCUT2D eigenvalue weighted by atomic mass is 19.4. The smallest absolute Gasteiger partial charge is 0.422 e. The number of alkyl halides is 3. The third-order valence-corrected chi connectivity index (χ3v) is 3.66. The molecule has 2 aromatic heterocycles. The van der Waals surface area contributed by atoms with Crippen molar-refractivity contribution in [1.29, 1.82) is 0 Å². The number of hydrogen-bond donors (Lipinski definition) is 2. The summed E-state index contributed by atoms with van der Waals surface area (Å²) in [5, 5.41) is 5.13. The Kier molecular flexibility index (Phi) is 7.08. The van der Waals surface area contributed by atoms with Crippen LogP contribution >= 0.6 is 0 Å². The zero-order valence-corrected chi connectivity index (χ0v) is 15.5. The molecule has 0 radical (unpaired) electrons. The van der Waals surface area contributed by atoms with Gasteiger partial charge in [-0.25, -0.2) is 14.4 Å². The Hall–Kier alpha value is -3.24. The largest absolute Gasteiger partial charge is 0.466 e. The summed E-state index contributed by atoms with van der Waals surface area (Å²) < 4.78 is 54.7. The first-order valence-electron chi connectivity index (χ1n) is 8.50. The van der Waals surface area contributed by atoms with Crippen molar-refractivity contribution < 1.29 is 31.9 Å². The van der Waals surface area contributed by atoms with E-state index >= 15 is 0 Å². The van der Waals surface area contributed by atoms with E-state index in [-0.39, 0.29) is 29.3 Å². The van der Waals surface area contributed by atoms with E-state index in [0.29, 0.717) is 0 Å². The molecule has 2 N–H and O–H groups in total. The minimum atomic E-state index is -4.62. The summed E-state index contributed by atoms with van der Waals surface area (Å²) in [6.07, 6.45) is -1.91. The first-order chi connectivity index (χ1) is 13.6. The van der Waals surface area contributed by atoms with Gasteiger partial charge in [-0.2, -0.15) is 13.2 Å². The van der Waals surface area contributed by atoms with Gasteiger partial charge in [-0.05, 0) is 30.7 Å². The number of carbonyl (C=O) groups excluding carboxylic acids is 2. The molecule has 11 heteroatoms. The van der Waals surface area contributed by atoms with Crippen LogP contribution in [0.2, 0.25) is 0 Å². The van der Waals surface area contributed by atoms with Gasteiger partial charge in [0.15, 0.2) is 12.4 Å². The lowest BCUT2D eigenvalue weighted by molar-refractivity contribution is -0.154. The first kappa shape index (κ1) is 22.1. The second-order valence-corrected chi connectivity index (χ2v) is 5.99. The average Bonchev–Trinajstić information content (AvgIpc) is 2.66. The molecular formula is C18H18F4N4O3. The number of nitrogens with zero attached hydrogens (tertiary/aromatic N) is 2. The number of aromatic nitrogens is 2. The Labute approximate surface area is 163 Å². The molecule has 0 saturated carbocycles. The number of anilines is 1. The summed E-state index contributed by atoms with van der Waals surface area (Å²) in [7, 11) is 0. The van der Waals surface area contributed by atoms with Crippen LogP contribution in [-0.2, 0) is 4.79 Å². The lowest BCUT2D eigenvalue weighted by Gasteiger charge is -2.15. The summed E-state index contributed by atoms with van der Waals surface area (Å²) in [4.78, 5) is 31.3. The number of ether oxygens (including phenoxy) is 1. The third-order valence-electron chi connectivity index (χ3n) is 3.66. The van der Waals surface area contributed by atoms with Crippen molar-refractivity contribution in [3.63, 3.8) is 0 Å². The number of pyridine rings is 2. The van der Waals surface area contributed by atoms with Crippen molar-refractivity contribution in [2.24, 2.45) is 0 Å². The van der Waals surface area contributed by atoms with Crippen molar-refractivity contribution in [3.05, 3.63) is 47.5 Å². The maximum absolute atomic E-state index is 13.9. The number of halogens is 4. The number of rotatable bonds is 7. The standard InChI is InChI=1S/C18H18F4N4O3/c1-3-15(27)26-14-7-11(4-5-23-14)16(28)25-10(2)12-6-13(19)17(24-8-12)29-9-18(20,21)22/h4-8,10H,3,9H2,1-2H3,(H,25,28)(H,23,26,27). The molecule has 2 heterocycles. The highest BCUT2D eigenvalue weighted by Gasteiger charge is 2.29. The molecule has 7 nitrogen and oxygen atoms in total. The Morgan fingerprint density at radius 2 is 1.97 bits per heavy atom. The molecule has 0 saturated heterocycles. The minimum Gasteiger partial charge on any atom is -0.466 e. The second kappa shape index (κ2) is 9.30. The highest BCUT2D eigenvalue weighted by molar-refractivity contribution is 5.96. The molecular weight excluding hydrogens is 396 g/mol. The van der Waals surface area contributed by atoms with Crippen molar-refractivity contribution in [3.8, 4) is 5.88 Å². The molecule has 0 aliphatic rings. The van der Waals surface area contributed by atoms with Crippen LogP contribution in [0.5, 0.6) is 5.88 Å². The Bertz CT molecular complexity index is 890. The lowest BCUT2D eigenvalue weighted by atomic mass is 10.1. The average molecular weight is 414 g/mol. The maximum Gasteiger partial charge on any atom is 0.422 e. The van der Waals surface area contributed by atoms with Crippen molar-refractivity contribution in [2.75, 3.05) is 11.9 Å². The van der Waals surface area contributed by atoms with Gasteiger partial charge in [0.05, 0.1) is 6.04 Å². The number of amides is 2. The first-order valence-corrected chi connectivity index (χ1v) is 8.50. The zero-order valence-electron chi connectivity index (χ0n) is 15.5. The topological polar surface area (TPSA) is 93.2 Å². The second-order valence-electron chi connectivity index (χ2n) is 5.99. The molecule has 0 fully saturated rings. The van der Waals surface area contributed by atoms with Crippen LogP contribution in [0.1, 0.15) is 42.2 Å². The molecule has 1 unspecified atom stereocenters. The van der Waals surface area contributed by atoms with Gasteiger partial charge >= 0.3 is 6.18 Å². The summed E-state index contributed by atoms with van der Waals surface area (Å²) in [5.74, 6) is -2.45. The van der Waals surface area contributed by atoms with Gasteiger partial charge in [-0.15, -0.1) is 0 Å². The van der Waals surface area contributed by atoms with Crippen molar-refractivity contribution >= 4 is 17.6 Å². The molecule has 0 bridgehead atoms. The third kappa shape index (κ3) is 6.70.